The van der Waals surface area contributed by atoms with E-state index >= 15 is 0 Å². The van der Waals surface area contributed by atoms with Crippen molar-refractivity contribution >= 4 is 15.5 Å². The highest BCUT2D eigenvalue weighted by atomic mass is 32.2. The molecule has 1 heterocycles. The summed E-state index contributed by atoms with van der Waals surface area (Å²) in [4.78, 5) is -0.341. The third kappa shape index (κ3) is 3.91. The molecule has 1 fully saturated rings. The van der Waals surface area contributed by atoms with E-state index in [1.807, 2.05) is 6.92 Å². The minimum absolute atomic E-state index is 0.00498. The molecule has 1 aromatic rings. The average molecular weight is 318 g/mol. The van der Waals surface area contributed by atoms with Crippen LogP contribution < -0.4 is 10.6 Å². The van der Waals surface area contributed by atoms with Gasteiger partial charge in [0.05, 0.1) is 10.6 Å². The van der Waals surface area contributed by atoms with Crippen molar-refractivity contribution in [3.05, 3.63) is 24.3 Å². The van der Waals surface area contributed by atoms with Gasteiger partial charge < -0.3 is 10.6 Å². The maximum absolute atomic E-state index is 12.7. The van der Waals surface area contributed by atoms with Crippen LogP contribution in [0.1, 0.15) is 26.2 Å². The summed E-state index contributed by atoms with van der Waals surface area (Å²) in [6.45, 7) is 2.92. The summed E-state index contributed by atoms with van der Waals surface area (Å²) in [7, 11) is -4.59. The molecule has 0 spiro atoms. The number of para-hydroxylation sites is 1. The Morgan fingerprint density at radius 1 is 1.38 bits per heavy atom. The summed E-state index contributed by atoms with van der Waals surface area (Å²) >= 11 is 0. The second-order valence-electron chi connectivity index (χ2n) is 5.38. The van der Waals surface area contributed by atoms with Gasteiger partial charge in [-0.15, -0.1) is 0 Å². The van der Waals surface area contributed by atoms with E-state index in [0.29, 0.717) is 6.04 Å². The van der Waals surface area contributed by atoms with Crippen LogP contribution in [0, 0.1) is 0 Å². The Labute approximate surface area is 123 Å². The van der Waals surface area contributed by atoms with Crippen molar-refractivity contribution in [1.82, 2.24) is 5.32 Å². The van der Waals surface area contributed by atoms with Crippen molar-refractivity contribution in [2.45, 2.75) is 48.9 Å². The Morgan fingerprint density at radius 3 is 2.71 bits per heavy atom. The lowest BCUT2D eigenvalue weighted by Crippen LogP contribution is -2.29. The summed E-state index contributed by atoms with van der Waals surface area (Å²) < 4.78 is 48.8. The smallest absolute Gasteiger partial charge is 0.341 e. The molecule has 0 aliphatic carbocycles. The Hall–Kier alpha value is -1.21. The fourth-order valence-electron chi connectivity index (χ4n) is 2.64. The molecular formula is C14H20F2N2O2S. The fourth-order valence-corrected chi connectivity index (χ4v) is 3.53. The molecule has 1 aliphatic heterocycles. The molecule has 118 valence electrons. The van der Waals surface area contributed by atoms with Crippen molar-refractivity contribution in [2.24, 2.45) is 0 Å². The minimum Gasteiger partial charge on any atom is -0.381 e. The first-order valence-electron chi connectivity index (χ1n) is 7.02. The molecule has 0 aromatic heterocycles. The van der Waals surface area contributed by atoms with Gasteiger partial charge in [-0.05, 0) is 44.9 Å². The zero-order valence-electron chi connectivity index (χ0n) is 11.9. The minimum atomic E-state index is -4.59. The molecule has 1 aliphatic rings. The average Bonchev–Trinajstić information content (AvgIpc) is 2.91. The third-order valence-corrected chi connectivity index (χ3v) is 5.07. The van der Waals surface area contributed by atoms with Gasteiger partial charge in [-0.3, -0.25) is 0 Å². The van der Waals surface area contributed by atoms with Gasteiger partial charge in [-0.25, -0.2) is 8.42 Å². The highest BCUT2D eigenvalue weighted by Crippen LogP contribution is 2.27. The van der Waals surface area contributed by atoms with Crippen LogP contribution in [0.5, 0.6) is 0 Å². The van der Waals surface area contributed by atoms with Gasteiger partial charge in [0.1, 0.15) is 0 Å². The van der Waals surface area contributed by atoms with Crippen LogP contribution in [0.4, 0.5) is 14.5 Å². The zero-order chi connectivity index (χ0) is 15.5. The standard InChI is InChI=1S/C14H20F2N2O2S/c1-10(9-11-5-4-8-17-11)18-12-6-2-3-7-13(12)21(19,20)14(15)16/h2-3,6-7,10-11,14,17-18H,4-5,8-9H2,1H3. The lowest BCUT2D eigenvalue weighted by molar-refractivity contribution is 0.235. The second kappa shape index (κ2) is 6.70. The largest absolute Gasteiger partial charge is 0.381 e. The highest BCUT2D eigenvalue weighted by molar-refractivity contribution is 7.91. The van der Waals surface area contributed by atoms with Gasteiger partial charge >= 0.3 is 5.76 Å². The third-order valence-electron chi connectivity index (χ3n) is 3.63. The van der Waals surface area contributed by atoms with Crippen LogP contribution in [0.25, 0.3) is 0 Å². The molecule has 2 rings (SSSR count). The number of benzene rings is 1. The molecular weight excluding hydrogens is 298 g/mol. The van der Waals surface area contributed by atoms with E-state index in [1.54, 1.807) is 6.07 Å². The number of hydrogen-bond donors (Lipinski definition) is 2. The number of anilines is 1. The summed E-state index contributed by atoms with van der Waals surface area (Å²) in [6.07, 6.45) is 3.04. The summed E-state index contributed by atoms with van der Waals surface area (Å²) in [5, 5.41) is 6.40. The Morgan fingerprint density at radius 2 is 2.10 bits per heavy atom. The first kappa shape index (κ1) is 16.2. The molecule has 1 aromatic carbocycles. The van der Waals surface area contributed by atoms with Crippen LogP contribution in [0.15, 0.2) is 29.2 Å². The summed E-state index contributed by atoms with van der Waals surface area (Å²) in [6, 6.07) is 6.20. The Kier molecular flexibility index (Phi) is 5.16. The van der Waals surface area contributed by atoms with Gasteiger partial charge in [0, 0.05) is 12.1 Å². The summed E-state index contributed by atoms with van der Waals surface area (Å²) in [5.41, 5.74) is 0.239. The number of halogens is 2. The first-order chi connectivity index (χ1) is 9.91. The van der Waals surface area contributed by atoms with Crippen LogP contribution in [-0.2, 0) is 9.84 Å². The van der Waals surface area contributed by atoms with Crippen LogP contribution in [0.3, 0.4) is 0 Å². The normalized spacial score (nSPS) is 20.7. The van der Waals surface area contributed by atoms with Gasteiger partial charge in [-0.1, -0.05) is 12.1 Å². The van der Waals surface area contributed by atoms with E-state index in [2.05, 4.69) is 10.6 Å². The predicted molar refractivity (Wildman–Crippen MR) is 78.4 cm³/mol. The van der Waals surface area contributed by atoms with Crippen LogP contribution in [-0.4, -0.2) is 32.8 Å². The molecule has 0 radical (unpaired) electrons. The monoisotopic (exact) mass is 318 g/mol. The van der Waals surface area contributed by atoms with Gasteiger partial charge in [-0.2, -0.15) is 8.78 Å². The van der Waals surface area contributed by atoms with Gasteiger partial charge in [0.15, 0.2) is 0 Å². The van der Waals surface area contributed by atoms with Crippen molar-refractivity contribution in [3.8, 4) is 0 Å². The van der Waals surface area contributed by atoms with E-state index < -0.39 is 15.6 Å². The molecule has 0 saturated carbocycles. The number of rotatable bonds is 6. The number of alkyl halides is 2. The van der Waals surface area contributed by atoms with E-state index in [4.69, 9.17) is 0 Å². The fraction of sp³-hybridized carbons (Fsp3) is 0.571. The van der Waals surface area contributed by atoms with E-state index in [9.17, 15) is 17.2 Å². The lowest BCUT2D eigenvalue weighted by Gasteiger charge is -2.21. The first-order valence-corrected chi connectivity index (χ1v) is 8.57. The maximum Gasteiger partial charge on any atom is 0.341 e. The van der Waals surface area contributed by atoms with E-state index in [1.165, 1.54) is 18.2 Å². The molecule has 4 nitrogen and oxygen atoms in total. The quantitative estimate of drug-likeness (QED) is 0.846. The van der Waals surface area contributed by atoms with E-state index in [-0.39, 0.29) is 16.6 Å². The Bertz CT molecular complexity index is 572. The predicted octanol–water partition coefficient (Wildman–Crippen LogP) is 2.63. The Balaban J connectivity index is 2.13. The van der Waals surface area contributed by atoms with Gasteiger partial charge in [0.2, 0.25) is 9.84 Å². The molecule has 1 saturated heterocycles. The number of sulfone groups is 1. The molecule has 2 unspecified atom stereocenters. The number of hydrogen-bond acceptors (Lipinski definition) is 4. The topological polar surface area (TPSA) is 58.2 Å². The second-order valence-corrected chi connectivity index (χ2v) is 7.26. The van der Waals surface area contributed by atoms with Crippen molar-refractivity contribution in [2.75, 3.05) is 11.9 Å². The van der Waals surface area contributed by atoms with Crippen LogP contribution in [0.2, 0.25) is 0 Å². The number of nitrogens with one attached hydrogen (secondary N) is 2. The molecule has 21 heavy (non-hydrogen) atoms. The van der Waals surface area contributed by atoms with Crippen molar-refractivity contribution in [1.29, 1.82) is 0 Å². The molecule has 0 amide bonds. The molecule has 2 atom stereocenters. The molecule has 2 N–H and O–H groups in total. The summed E-state index contributed by atoms with van der Waals surface area (Å²) in [5.74, 6) is -3.41. The van der Waals surface area contributed by atoms with Crippen LogP contribution >= 0.6 is 0 Å². The van der Waals surface area contributed by atoms with Crippen molar-refractivity contribution in [3.63, 3.8) is 0 Å². The zero-order valence-corrected chi connectivity index (χ0v) is 12.7. The molecule has 7 heteroatoms. The SMILES string of the molecule is CC(CC1CCCN1)Nc1ccccc1S(=O)(=O)C(F)F. The highest BCUT2D eigenvalue weighted by Gasteiger charge is 2.29. The van der Waals surface area contributed by atoms with E-state index in [0.717, 1.165) is 25.8 Å². The maximum atomic E-state index is 12.7. The van der Waals surface area contributed by atoms with Crippen molar-refractivity contribution < 1.29 is 17.2 Å². The molecule has 0 bridgehead atoms. The van der Waals surface area contributed by atoms with Gasteiger partial charge in [0.25, 0.3) is 0 Å². The lowest BCUT2D eigenvalue weighted by atomic mass is 10.1.